The minimum absolute atomic E-state index is 0.381. The Hall–Kier alpha value is -5.32. The van der Waals surface area contributed by atoms with Crippen LogP contribution in [0, 0.1) is 27.7 Å². The average molecular weight is 889 g/mol. The van der Waals surface area contributed by atoms with Gasteiger partial charge in [-0.15, -0.1) is 34.9 Å². The predicted octanol–water partition coefficient (Wildman–Crippen LogP) is 13.1. The number of carbonyl (C=O) groups is 2. The van der Waals surface area contributed by atoms with Crippen molar-refractivity contribution in [1.82, 2.24) is 0 Å². The summed E-state index contributed by atoms with van der Waals surface area (Å²) in [7, 11) is 0. The molecule has 0 atom stereocenters. The lowest BCUT2D eigenvalue weighted by molar-refractivity contribution is -0.140. The van der Waals surface area contributed by atoms with Crippen molar-refractivity contribution in [3.63, 3.8) is 0 Å². The van der Waals surface area contributed by atoms with E-state index in [0.717, 1.165) is 77.4 Å². The lowest BCUT2D eigenvalue weighted by Gasteiger charge is -2.09. The summed E-state index contributed by atoms with van der Waals surface area (Å²) < 4.78 is 92.6. The van der Waals surface area contributed by atoms with Gasteiger partial charge in [0.15, 0.2) is 13.2 Å². The van der Waals surface area contributed by atoms with Crippen molar-refractivity contribution in [2.75, 3.05) is 13.2 Å². The van der Waals surface area contributed by atoms with Gasteiger partial charge in [0.2, 0.25) is 0 Å². The molecular formula is C44H38F6O7S3. The van der Waals surface area contributed by atoms with E-state index in [0.29, 0.717) is 34.3 Å². The molecule has 7 nitrogen and oxygen atoms in total. The molecule has 6 rings (SSSR count). The predicted molar refractivity (Wildman–Crippen MR) is 221 cm³/mol. The van der Waals surface area contributed by atoms with Crippen molar-refractivity contribution in [1.29, 1.82) is 0 Å². The van der Waals surface area contributed by atoms with Gasteiger partial charge in [0.25, 0.3) is 0 Å². The molecule has 6 aromatic rings. The number of hydrogen-bond donors (Lipinski definition) is 2. The molecule has 0 aliphatic heterocycles. The van der Waals surface area contributed by atoms with Crippen molar-refractivity contribution in [3.8, 4) is 33.3 Å². The van der Waals surface area contributed by atoms with Gasteiger partial charge in [-0.3, -0.25) is 0 Å². The van der Waals surface area contributed by atoms with Crippen LogP contribution >= 0.6 is 34.9 Å². The van der Waals surface area contributed by atoms with E-state index in [1.807, 2.05) is 64.1 Å². The Morgan fingerprint density at radius 1 is 0.617 bits per heavy atom. The molecule has 0 saturated heterocycles. The molecule has 2 aromatic heterocycles. The van der Waals surface area contributed by atoms with Crippen molar-refractivity contribution < 1.29 is 60.0 Å². The summed E-state index contributed by atoms with van der Waals surface area (Å²) in [6.45, 7) is 6.74. The van der Waals surface area contributed by atoms with Crippen molar-refractivity contribution >= 4 is 46.8 Å². The van der Waals surface area contributed by atoms with Crippen LogP contribution in [-0.4, -0.2) is 35.4 Å². The smallest absolute Gasteiger partial charge is 0.416 e. The number of furan rings is 1. The van der Waals surface area contributed by atoms with Crippen LogP contribution in [0.1, 0.15) is 44.0 Å². The first-order valence-corrected chi connectivity index (χ1v) is 20.8. The van der Waals surface area contributed by atoms with E-state index in [9.17, 15) is 35.9 Å². The fourth-order valence-electron chi connectivity index (χ4n) is 5.59. The van der Waals surface area contributed by atoms with E-state index in [1.165, 1.54) is 24.3 Å². The molecule has 4 aromatic carbocycles. The molecule has 0 radical (unpaired) electrons. The summed E-state index contributed by atoms with van der Waals surface area (Å²) in [6, 6.07) is 25.0. The van der Waals surface area contributed by atoms with Crippen LogP contribution in [0.15, 0.2) is 111 Å². The molecule has 60 heavy (non-hydrogen) atoms. The summed E-state index contributed by atoms with van der Waals surface area (Å²) in [5, 5.41) is 17.4. The Kier molecular flexibility index (Phi) is 15.1. The number of thioether (sulfide) groups is 2. The van der Waals surface area contributed by atoms with E-state index in [1.54, 1.807) is 47.0 Å². The number of halogens is 6. The highest BCUT2D eigenvalue weighted by molar-refractivity contribution is 7.98. The van der Waals surface area contributed by atoms with Crippen LogP contribution in [0.4, 0.5) is 26.3 Å². The SMILES string of the molecule is Cc1cc(SCc2cc(-c3ccc(C(F)(F)F)cc3)oc2C)ccc1OCC(=O)O.Cc1cc(SCc2sc(-c3ccc(C(F)(F)F)cc3)cc2C)ccc1OCC(=O)O. The maximum absolute atomic E-state index is 12.7. The molecule has 0 spiro atoms. The highest BCUT2D eigenvalue weighted by Crippen LogP contribution is 2.38. The van der Waals surface area contributed by atoms with E-state index < -0.39 is 42.0 Å². The molecule has 0 bridgehead atoms. The second-order valence-electron chi connectivity index (χ2n) is 13.4. The van der Waals surface area contributed by atoms with Crippen LogP contribution in [0.3, 0.4) is 0 Å². The summed E-state index contributed by atoms with van der Waals surface area (Å²) >= 11 is 4.78. The molecule has 0 amide bonds. The summed E-state index contributed by atoms with van der Waals surface area (Å²) in [4.78, 5) is 25.3. The zero-order chi connectivity index (χ0) is 43.8. The van der Waals surface area contributed by atoms with Gasteiger partial charge in [-0.25, -0.2) is 9.59 Å². The van der Waals surface area contributed by atoms with E-state index >= 15 is 0 Å². The second kappa shape index (κ2) is 19.8. The van der Waals surface area contributed by atoms with Gasteiger partial charge >= 0.3 is 24.3 Å². The number of benzene rings is 4. The molecule has 316 valence electrons. The van der Waals surface area contributed by atoms with Crippen LogP contribution in [0.25, 0.3) is 21.8 Å². The van der Waals surface area contributed by atoms with Crippen molar-refractivity contribution in [3.05, 3.63) is 141 Å². The molecule has 2 heterocycles. The maximum atomic E-state index is 12.7. The molecule has 0 saturated carbocycles. The standard InChI is InChI=1S/C22H19F3O4S.C22H19F3O3S2/c1-13-9-18(7-8-19(13)28-11-21(26)27)30-12-16-10-20(29-14(16)2)15-3-5-17(6-4-15)22(23,24)25;1-13-9-17(7-8-18(13)28-11-21(26)27)29-12-20-14(2)10-19(30-20)15-3-5-16(6-4-15)22(23,24)25/h2*3-10H,11-12H2,1-2H3,(H,26,27). The third-order valence-corrected chi connectivity index (χ3v) is 12.3. The third kappa shape index (κ3) is 12.8. The van der Waals surface area contributed by atoms with Gasteiger partial charge in [0.05, 0.1) is 11.1 Å². The Morgan fingerprint density at radius 3 is 1.53 bits per heavy atom. The zero-order valence-electron chi connectivity index (χ0n) is 32.5. The quantitative estimate of drug-likeness (QED) is 0.0817. The lowest BCUT2D eigenvalue weighted by Crippen LogP contribution is -2.09. The molecule has 0 aliphatic carbocycles. The van der Waals surface area contributed by atoms with Crippen LogP contribution in [0.2, 0.25) is 0 Å². The van der Waals surface area contributed by atoms with Gasteiger partial charge in [-0.05, 0) is 123 Å². The van der Waals surface area contributed by atoms with Crippen molar-refractivity contribution in [2.45, 2.75) is 61.3 Å². The molecule has 0 fully saturated rings. The van der Waals surface area contributed by atoms with Gasteiger partial charge in [-0.2, -0.15) is 26.3 Å². The largest absolute Gasteiger partial charge is 0.482 e. The maximum Gasteiger partial charge on any atom is 0.416 e. The fraction of sp³-hybridized carbons (Fsp3) is 0.227. The normalized spacial score (nSPS) is 11.5. The summed E-state index contributed by atoms with van der Waals surface area (Å²) in [6.07, 6.45) is -8.70. The average Bonchev–Trinajstić information content (AvgIpc) is 3.76. The molecule has 0 aliphatic rings. The number of aryl methyl sites for hydroxylation is 4. The molecule has 2 N–H and O–H groups in total. The number of carboxylic acids is 2. The number of aliphatic carboxylic acids is 2. The Balaban J connectivity index is 0.000000228. The summed E-state index contributed by atoms with van der Waals surface area (Å²) in [5.74, 6) is 1.57. The molecule has 16 heteroatoms. The molecule has 0 unspecified atom stereocenters. The highest BCUT2D eigenvalue weighted by atomic mass is 32.2. The molecular weight excluding hydrogens is 851 g/mol. The lowest BCUT2D eigenvalue weighted by atomic mass is 10.1. The van der Waals surface area contributed by atoms with Gasteiger partial charge in [-0.1, -0.05) is 24.3 Å². The monoisotopic (exact) mass is 888 g/mol. The second-order valence-corrected chi connectivity index (χ2v) is 16.6. The number of ether oxygens (including phenoxy) is 2. The first-order valence-electron chi connectivity index (χ1n) is 18.0. The third-order valence-electron chi connectivity index (χ3n) is 8.79. The fourth-order valence-corrected chi connectivity index (χ4v) is 8.96. The van der Waals surface area contributed by atoms with Crippen molar-refractivity contribution in [2.24, 2.45) is 0 Å². The van der Waals surface area contributed by atoms with Gasteiger partial charge in [0.1, 0.15) is 23.0 Å². The number of rotatable bonds is 14. The first kappa shape index (κ1) is 45.8. The van der Waals surface area contributed by atoms with Crippen LogP contribution in [-0.2, 0) is 33.4 Å². The van der Waals surface area contributed by atoms with Crippen LogP contribution in [0.5, 0.6) is 11.5 Å². The summed E-state index contributed by atoms with van der Waals surface area (Å²) in [5.41, 5.74) is 3.73. The zero-order valence-corrected chi connectivity index (χ0v) is 34.9. The Bertz CT molecular complexity index is 2250. The highest BCUT2D eigenvalue weighted by Gasteiger charge is 2.31. The van der Waals surface area contributed by atoms with E-state index in [-0.39, 0.29) is 6.61 Å². The Labute approximate surface area is 354 Å². The number of hydrogen-bond acceptors (Lipinski definition) is 8. The van der Waals surface area contributed by atoms with E-state index in [4.69, 9.17) is 24.1 Å². The van der Waals surface area contributed by atoms with Gasteiger partial charge in [0, 0.05) is 42.2 Å². The Morgan fingerprint density at radius 2 is 1.08 bits per heavy atom. The number of alkyl halides is 6. The topological polar surface area (TPSA) is 106 Å². The van der Waals surface area contributed by atoms with Gasteiger partial charge < -0.3 is 24.1 Å². The number of thiophene rings is 1. The number of carboxylic acid groups (broad SMARTS) is 2. The first-order chi connectivity index (χ1) is 28.3. The minimum Gasteiger partial charge on any atom is -0.482 e. The van der Waals surface area contributed by atoms with E-state index in [2.05, 4.69) is 0 Å². The van der Waals surface area contributed by atoms with Crippen LogP contribution < -0.4 is 9.47 Å². The minimum atomic E-state index is -4.37.